The van der Waals surface area contributed by atoms with Crippen LogP contribution in [0.15, 0.2) is 103 Å². The molecule has 5 rings (SSSR count). The fraction of sp³-hybridized carbons (Fsp3) is 0.161. The number of rotatable bonds is 6. The first-order valence-corrected chi connectivity index (χ1v) is 11.6. The first-order valence-electron chi connectivity index (χ1n) is 11.6. The van der Waals surface area contributed by atoms with Gasteiger partial charge in [-0.05, 0) is 82.8 Å². The minimum Gasteiger partial charge on any atom is -0.497 e. The molecule has 0 saturated carbocycles. The molecule has 1 aliphatic rings. The van der Waals surface area contributed by atoms with Crippen LogP contribution < -0.4 is 9.47 Å². The van der Waals surface area contributed by atoms with Crippen LogP contribution >= 0.6 is 0 Å². The van der Waals surface area contributed by atoms with E-state index in [2.05, 4.69) is 30.3 Å². The monoisotopic (exact) mass is 468 g/mol. The summed E-state index contributed by atoms with van der Waals surface area (Å²) in [6.07, 6.45) is 2.94. The maximum atomic E-state index is 14.0. The third kappa shape index (κ3) is 4.10. The van der Waals surface area contributed by atoms with Crippen molar-refractivity contribution in [1.29, 1.82) is 0 Å². The molecule has 0 spiro atoms. The predicted molar refractivity (Wildman–Crippen MR) is 135 cm³/mol. The van der Waals surface area contributed by atoms with Crippen molar-refractivity contribution in [1.82, 2.24) is 0 Å². The molecule has 4 heteroatoms. The minimum absolute atomic E-state index is 0.0993. The quantitative estimate of drug-likeness (QED) is 0.291. The number of hydrogen-bond acceptors (Lipinski definition) is 2. The number of allylic oxidation sites excluding steroid dienone is 2. The summed E-state index contributed by atoms with van der Waals surface area (Å²) >= 11 is 0. The number of methoxy groups -OCH3 is 2. The van der Waals surface area contributed by atoms with E-state index in [9.17, 15) is 8.78 Å². The zero-order chi connectivity index (χ0) is 24.4. The molecule has 0 N–H and O–H groups in total. The molecule has 4 aromatic rings. The molecule has 35 heavy (non-hydrogen) atoms. The van der Waals surface area contributed by atoms with Crippen molar-refractivity contribution >= 4 is 5.57 Å². The van der Waals surface area contributed by atoms with E-state index >= 15 is 0 Å². The van der Waals surface area contributed by atoms with Crippen LogP contribution in [0.3, 0.4) is 0 Å². The molecule has 0 fully saturated rings. The van der Waals surface area contributed by atoms with E-state index < -0.39 is 5.41 Å². The Morgan fingerprint density at radius 3 is 1.54 bits per heavy atom. The lowest BCUT2D eigenvalue weighted by molar-refractivity contribution is 0.414. The molecule has 0 amide bonds. The molecule has 4 aromatic carbocycles. The Labute approximate surface area is 204 Å². The summed E-state index contributed by atoms with van der Waals surface area (Å²) in [7, 11) is 3.30. The zero-order valence-electron chi connectivity index (χ0n) is 19.7. The van der Waals surface area contributed by atoms with Gasteiger partial charge in [0.25, 0.3) is 0 Å². The molecule has 0 heterocycles. The lowest BCUT2D eigenvalue weighted by Gasteiger charge is -2.39. The fourth-order valence-corrected chi connectivity index (χ4v) is 5.33. The smallest absolute Gasteiger partial charge is 0.123 e. The molecule has 0 radical (unpaired) electrons. The van der Waals surface area contributed by atoms with Crippen molar-refractivity contribution < 1.29 is 18.3 Å². The van der Waals surface area contributed by atoms with Gasteiger partial charge in [-0.2, -0.15) is 0 Å². The Morgan fingerprint density at radius 2 is 1.09 bits per heavy atom. The molecule has 0 saturated heterocycles. The van der Waals surface area contributed by atoms with Gasteiger partial charge in [-0.3, -0.25) is 0 Å². The maximum absolute atomic E-state index is 14.0. The summed E-state index contributed by atoms with van der Waals surface area (Å²) in [4.78, 5) is 0. The highest BCUT2D eigenvalue weighted by molar-refractivity contribution is 5.79. The van der Waals surface area contributed by atoms with E-state index in [0.29, 0.717) is 6.42 Å². The average Bonchev–Trinajstić information content (AvgIpc) is 3.31. The first kappa shape index (κ1) is 22.9. The summed E-state index contributed by atoms with van der Waals surface area (Å²) in [5.74, 6) is 0.890. The first-order chi connectivity index (χ1) is 17.0. The molecular weight excluding hydrogens is 442 g/mol. The van der Waals surface area contributed by atoms with Gasteiger partial charge in [0.15, 0.2) is 0 Å². The molecule has 0 aliphatic heterocycles. The highest BCUT2D eigenvalue weighted by atomic mass is 19.1. The van der Waals surface area contributed by atoms with Crippen LogP contribution in [0.1, 0.15) is 34.6 Å². The molecular formula is C31H26F2O2. The molecule has 1 unspecified atom stereocenters. The predicted octanol–water partition coefficient (Wildman–Crippen LogP) is 7.54. The highest BCUT2D eigenvalue weighted by Gasteiger charge is 2.47. The second-order valence-electron chi connectivity index (χ2n) is 8.78. The standard InChI is InChI=1S/C31H26F2O2/c1-34-27-15-3-21(4-16-27)29-19-20-31(23-7-11-25(32)12-8-23,24-9-13-26(33)14-10-24)30(29)22-5-17-28(35-2)18-6-22/h3-19,30H,20H2,1-2H3. The SMILES string of the molecule is COc1ccc(C2=CCC(c3ccc(F)cc3)(c3ccc(F)cc3)C2c2ccc(OC)cc2)cc1. The lowest BCUT2D eigenvalue weighted by Crippen LogP contribution is -2.32. The topological polar surface area (TPSA) is 18.5 Å². The minimum atomic E-state index is -0.550. The molecule has 176 valence electrons. The van der Waals surface area contributed by atoms with Crippen LogP contribution in [0.25, 0.3) is 5.57 Å². The van der Waals surface area contributed by atoms with Crippen molar-refractivity contribution in [3.05, 3.63) is 137 Å². The fourth-order valence-electron chi connectivity index (χ4n) is 5.33. The maximum Gasteiger partial charge on any atom is 0.123 e. The van der Waals surface area contributed by atoms with Crippen LogP contribution in [0.2, 0.25) is 0 Å². The Bertz CT molecular complexity index is 1280. The van der Waals surface area contributed by atoms with Crippen LogP contribution in [-0.4, -0.2) is 14.2 Å². The second-order valence-corrected chi connectivity index (χ2v) is 8.78. The van der Waals surface area contributed by atoms with Gasteiger partial charge in [0.2, 0.25) is 0 Å². The lowest BCUT2D eigenvalue weighted by atomic mass is 9.63. The third-order valence-corrected chi connectivity index (χ3v) is 7.04. The van der Waals surface area contributed by atoms with Crippen molar-refractivity contribution in [2.24, 2.45) is 0 Å². The zero-order valence-corrected chi connectivity index (χ0v) is 19.7. The molecule has 0 bridgehead atoms. The van der Waals surface area contributed by atoms with E-state index in [-0.39, 0.29) is 17.6 Å². The summed E-state index contributed by atoms with van der Waals surface area (Å²) in [6.45, 7) is 0. The summed E-state index contributed by atoms with van der Waals surface area (Å²) in [5, 5.41) is 0. The van der Waals surface area contributed by atoms with E-state index in [1.54, 1.807) is 14.2 Å². The Hall–Kier alpha value is -3.92. The van der Waals surface area contributed by atoms with Gasteiger partial charge in [-0.25, -0.2) is 8.78 Å². The van der Waals surface area contributed by atoms with Crippen molar-refractivity contribution in [2.45, 2.75) is 17.8 Å². The largest absolute Gasteiger partial charge is 0.497 e. The van der Waals surface area contributed by atoms with Crippen LogP contribution in [-0.2, 0) is 5.41 Å². The average molecular weight is 469 g/mol. The van der Waals surface area contributed by atoms with Gasteiger partial charge in [0.05, 0.1) is 14.2 Å². The number of benzene rings is 4. The normalized spacial score (nSPS) is 16.6. The Balaban J connectivity index is 1.74. The number of hydrogen-bond donors (Lipinski definition) is 0. The van der Waals surface area contributed by atoms with Gasteiger partial charge >= 0.3 is 0 Å². The molecule has 1 aliphatic carbocycles. The third-order valence-electron chi connectivity index (χ3n) is 7.04. The van der Waals surface area contributed by atoms with Gasteiger partial charge in [0.1, 0.15) is 23.1 Å². The Morgan fingerprint density at radius 1 is 0.629 bits per heavy atom. The highest BCUT2D eigenvalue weighted by Crippen LogP contribution is 2.58. The van der Waals surface area contributed by atoms with Crippen molar-refractivity contribution in [3.63, 3.8) is 0 Å². The van der Waals surface area contributed by atoms with E-state index in [1.165, 1.54) is 24.3 Å². The molecule has 0 aromatic heterocycles. The van der Waals surface area contributed by atoms with E-state index in [4.69, 9.17) is 9.47 Å². The number of ether oxygens (including phenoxy) is 2. The molecule has 2 nitrogen and oxygen atoms in total. The summed E-state index contributed by atoms with van der Waals surface area (Å²) in [5.41, 5.74) is 4.74. The van der Waals surface area contributed by atoms with Gasteiger partial charge in [0, 0.05) is 11.3 Å². The van der Waals surface area contributed by atoms with Crippen LogP contribution in [0, 0.1) is 11.6 Å². The van der Waals surface area contributed by atoms with Gasteiger partial charge < -0.3 is 9.47 Å². The van der Waals surface area contributed by atoms with E-state index in [0.717, 1.165) is 39.3 Å². The second kappa shape index (κ2) is 9.38. The summed E-state index contributed by atoms with van der Waals surface area (Å²) < 4.78 is 38.7. The van der Waals surface area contributed by atoms with Crippen molar-refractivity contribution in [2.75, 3.05) is 14.2 Å². The van der Waals surface area contributed by atoms with Gasteiger partial charge in [-0.1, -0.05) is 54.6 Å². The van der Waals surface area contributed by atoms with Gasteiger partial charge in [-0.15, -0.1) is 0 Å². The van der Waals surface area contributed by atoms with Crippen LogP contribution in [0.5, 0.6) is 11.5 Å². The molecule has 1 atom stereocenters. The Kier molecular flexibility index (Phi) is 6.12. The van der Waals surface area contributed by atoms with Crippen molar-refractivity contribution in [3.8, 4) is 11.5 Å². The van der Waals surface area contributed by atoms with E-state index in [1.807, 2.05) is 48.5 Å². The van der Waals surface area contributed by atoms with Crippen LogP contribution in [0.4, 0.5) is 8.78 Å². The summed E-state index contributed by atoms with van der Waals surface area (Å²) in [6, 6.07) is 29.5. The number of halogens is 2.